The molecule has 3 heterocycles. The molecule has 2 aromatic heterocycles. The molecule has 1 atom stereocenters. The first-order valence-corrected chi connectivity index (χ1v) is 5.87. The van der Waals surface area contributed by atoms with Crippen LogP contribution in [0, 0.1) is 6.92 Å². The van der Waals surface area contributed by atoms with Gasteiger partial charge in [-0.15, -0.1) is 0 Å². The average Bonchev–Trinajstić information content (AvgIpc) is 2.73. The average molecular weight is 216 g/mol. The standard InChI is InChI=1S/C12H16N4/c1-9-6-14-12-15-11(8-16(12)7-9)10-4-2-3-5-13-10/h6-8,10,13H,2-5H2,1H3. The van der Waals surface area contributed by atoms with Gasteiger partial charge in [-0.1, -0.05) is 6.42 Å². The van der Waals surface area contributed by atoms with Crippen LogP contribution in [0.4, 0.5) is 0 Å². The molecule has 1 fully saturated rings. The van der Waals surface area contributed by atoms with Gasteiger partial charge in [0.05, 0.1) is 11.7 Å². The van der Waals surface area contributed by atoms with Crippen molar-refractivity contribution < 1.29 is 0 Å². The molecule has 16 heavy (non-hydrogen) atoms. The third-order valence-corrected chi connectivity index (χ3v) is 3.13. The Labute approximate surface area is 94.7 Å². The number of aryl methyl sites for hydroxylation is 1. The minimum atomic E-state index is 0.413. The monoisotopic (exact) mass is 216 g/mol. The minimum absolute atomic E-state index is 0.413. The molecule has 4 heteroatoms. The quantitative estimate of drug-likeness (QED) is 0.791. The third-order valence-electron chi connectivity index (χ3n) is 3.13. The van der Waals surface area contributed by atoms with E-state index in [1.54, 1.807) is 0 Å². The minimum Gasteiger partial charge on any atom is -0.309 e. The van der Waals surface area contributed by atoms with E-state index in [1.807, 2.05) is 17.5 Å². The number of aromatic nitrogens is 3. The second-order valence-electron chi connectivity index (χ2n) is 4.51. The molecule has 2 aromatic rings. The van der Waals surface area contributed by atoms with Gasteiger partial charge in [-0.25, -0.2) is 9.97 Å². The molecule has 0 radical (unpaired) electrons. The number of nitrogens with zero attached hydrogens (tertiary/aromatic N) is 3. The van der Waals surface area contributed by atoms with Crippen molar-refractivity contribution in [1.29, 1.82) is 0 Å². The lowest BCUT2D eigenvalue weighted by molar-refractivity contribution is 0.406. The summed E-state index contributed by atoms with van der Waals surface area (Å²) in [5, 5.41) is 3.51. The Balaban J connectivity index is 1.97. The topological polar surface area (TPSA) is 42.2 Å². The summed E-state index contributed by atoms with van der Waals surface area (Å²) < 4.78 is 2.01. The van der Waals surface area contributed by atoms with Gasteiger partial charge in [0.25, 0.3) is 0 Å². The van der Waals surface area contributed by atoms with Crippen molar-refractivity contribution in [2.75, 3.05) is 6.54 Å². The summed E-state index contributed by atoms with van der Waals surface area (Å²) in [5.41, 5.74) is 2.28. The molecule has 0 aliphatic carbocycles. The lowest BCUT2D eigenvalue weighted by Crippen LogP contribution is -2.26. The van der Waals surface area contributed by atoms with E-state index in [4.69, 9.17) is 0 Å². The molecular weight excluding hydrogens is 200 g/mol. The smallest absolute Gasteiger partial charge is 0.233 e. The Hall–Kier alpha value is -1.42. The van der Waals surface area contributed by atoms with Crippen molar-refractivity contribution in [3.05, 3.63) is 29.8 Å². The molecule has 1 aliphatic heterocycles. The molecule has 1 unspecified atom stereocenters. The van der Waals surface area contributed by atoms with Crippen molar-refractivity contribution in [3.63, 3.8) is 0 Å². The van der Waals surface area contributed by atoms with Crippen molar-refractivity contribution >= 4 is 5.78 Å². The Kier molecular flexibility index (Phi) is 2.36. The van der Waals surface area contributed by atoms with E-state index in [-0.39, 0.29) is 0 Å². The van der Waals surface area contributed by atoms with Crippen LogP contribution in [0.2, 0.25) is 0 Å². The van der Waals surface area contributed by atoms with Crippen molar-refractivity contribution in [2.24, 2.45) is 0 Å². The summed E-state index contributed by atoms with van der Waals surface area (Å²) in [6.45, 7) is 3.15. The molecule has 0 amide bonds. The van der Waals surface area contributed by atoms with Gasteiger partial charge < -0.3 is 5.32 Å². The first-order valence-electron chi connectivity index (χ1n) is 5.87. The highest BCUT2D eigenvalue weighted by molar-refractivity contribution is 5.32. The summed E-state index contributed by atoms with van der Waals surface area (Å²) in [5.74, 6) is 0.799. The second-order valence-corrected chi connectivity index (χ2v) is 4.51. The predicted octanol–water partition coefficient (Wildman–Crippen LogP) is 1.85. The predicted molar refractivity (Wildman–Crippen MR) is 62.3 cm³/mol. The van der Waals surface area contributed by atoms with Gasteiger partial charge in [0.15, 0.2) is 0 Å². The van der Waals surface area contributed by atoms with Crippen LogP contribution >= 0.6 is 0 Å². The third kappa shape index (κ3) is 1.69. The van der Waals surface area contributed by atoms with Crippen LogP contribution in [0.5, 0.6) is 0 Å². The Morgan fingerprint density at radius 2 is 2.31 bits per heavy atom. The van der Waals surface area contributed by atoms with Crippen LogP contribution in [0.15, 0.2) is 18.6 Å². The van der Waals surface area contributed by atoms with Crippen LogP contribution in [-0.4, -0.2) is 20.9 Å². The maximum absolute atomic E-state index is 4.57. The summed E-state index contributed by atoms with van der Waals surface area (Å²) in [7, 11) is 0. The van der Waals surface area contributed by atoms with E-state index in [0.717, 1.165) is 23.6 Å². The van der Waals surface area contributed by atoms with Gasteiger partial charge in [0.2, 0.25) is 5.78 Å². The lowest BCUT2D eigenvalue weighted by Gasteiger charge is -2.21. The van der Waals surface area contributed by atoms with Crippen LogP contribution in [-0.2, 0) is 0 Å². The van der Waals surface area contributed by atoms with Gasteiger partial charge in [0, 0.05) is 18.6 Å². The van der Waals surface area contributed by atoms with Crippen LogP contribution < -0.4 is 5.32 Å². The van der Waals surface area contributed by atoms with Crippen molar-refractivity contribution in [3.8, 4) is 0 Å². The normalized spacial score (nSPS) is 21.4. The molecule has 1 N–H and O–H groups in total. The van der Waals surface area contributed by atoms with E-state index < -0.39 is 0 Å². The zero-order chi connectivity index (χ0) is 11.0. The molecular formula is C12H16N4. The van der Waals surface area contributed by atoms with Crippen molar-refractivity contribution in [2.45, 2.75) is 32.2 Å². The summed E-state index contributed by atoms with van der Waals surface area (Å²) in [4.78, 5) is 8.89. The maximum Gasteiger partial charge on any atom is 0.233 e. The Morgan fingerprint density at radius 1 is 1.38 bits per heavy atom. The number of hydrogen-bond acceptors (Lipinski definition) is 3. The van der Waals surface area contributed by atoms with Gasteiger partial charge in [-0.05, 0) is 31.9 Å². The van der Waals surface area contributed by atoms with Gasteiger partial charge in [-0.3, -0.25) is 4.40 Å². The number of rotatable bonds is 1. The van der Waals surface area contributed by atoms with Crippen LogP contribution in [0.3, 0.4) is 0 Å². The fraction of sp³-hybridized carbons (Fsp3) is 0.500. The lowest BCUT2D eigenvalue weighted by atomic mass is 10.0. The van der Waals surface area contributed by atoms with Gasteiger partial charge in [-0.2, -0.15) is 0 Å². The number of nitrogens with one attached hydrogen (secondary N) is 1. The zero-order valence-corrected chi connectivity index (χ0v) is 9.48. The highest BCUT2D eigenvalue weighted by Crippen LogP contribution is 2.22. The SMILES string of the molecule is Cc1cnc2nc(C3CCCCN3)cn2c1. The molecule has 1 aliphatic rings. The summed E-state index contributed by atoms with van der Waals surface area (Å²) in [6, 6.07) is 0.413. The molecule has 0 bridgehead atoms. The van der Waals surface area contributed by atoms with Crippen LogP contribution in [0.1, 0.15) is 36.6 Å². The Morgan fingerprint density at radius 3 is 3.12 bits per heavy atom. The molecule has 84 valence electrons. The number of piperidine rings is 1. The number of imidazole rings is 1. The first kappa shape index (κ1) is 9.78. The largest absolute Gasteiger partial charge is 0.309 e. The van der Waals surface area contributed by atoms with Crippen LogP contribution in [0.25, 0.3) is 5.78 Å². The highest BCUT2D eigenvalue weighted by Gasteiger charge is 2.17. The van der Waals surface area contributed by atoms with Gasteiger partial charge >= 0.3 is 0 Å². The number of fused-ring (bicyclic) bond motifs is 1. The zero-order valence-electron chi connectivity index (χ0n) is 9.48. The highest BCUT2D eigenvalue weighted by atomic mass is 15.1. The molecule has 0 aromatic carbocycles. The van der Waals surface area contributed by atoms with E-state index in [9.17, 15) is 0 Å². The fourth-order valence-electron chi connectivity index (χ4n) is 2.28. The van der Waals surface area contributed by atoms with E-state index in [2.05, 4.69) is 27.7 Å². The van der Waals surface area contributed by atoms with E-state index >= 15 is 0 Å². The molecule has 4 nitrogen and oxygen atoms in total. The fourth-order valence-corrected chi connectivity index (χ4v) is 2.28. The maximum atomic E-state index is 4.57. The summed E-state index contributed by atoms with van der Waals surface area (Å²) in [6.07, 6.45) is 9.78. The van der Waals surface area contributed by atoms with Crippen molar-refractivity contribution in [1.82, 2.24) is 19.7 Å². The molecule has 1 saturated heterocycles. The molecule has 0 saturated carbocycles. The first-order chi connectivity index (χ1) is 7.83. The van der Waals surface area contributed by atoms with E-state index in [0.29, 0.717) is 6.04 Å². The second kappa shape index (κ2) is 3.87. The Bertz CT molecular complexity index is 497. The van der Waals surface area contributed by atoms with E-state index in [1.165, 1.54) is 19.3 Å². The molecule has 3 rings (SSSR count). The summed E-state index contributed by atoms with van der Waals surface area (Å²) >= 11 is 0. The number of hydrogen-bond donors (Lipinski definition) is 1. The molecule has 0 spiro atoms. The van der Waals surface area contributed by atoms with Gasteiger partial charge in [0.1, 0.15) is 0 Å².